The summed E-state index contributed by atoms with van der Waals surface area (Å²) in [5, 5.41) is 7.98. The lowest BCUT2D eigenvalue weighted by Crippen LogP contribution is -1.93. The summed E-state index contributed by atoms with van der Waals surface area (Å²) >= 11 is 3.44. The molecule has 2 aromatic rings. The monoisotopic (exact) mass is 294 g/mol. The Kier molecular flexibility index (Phi) is 2.52. The highest BCUT2D eigenvalue weighted by Crippen LogP contribution is 2.36. The average molecular weight is 295 g/mol. The van der Waals surface area contributed by atoms with Gasteiger partial charge in [-0.2, -0.15) is 5.10 Å². The molecule has 0 fully saturated rings. The predicted octanol–water partition coefficient (Wildman–Crippen LogP) is 1.65. The second-order valence-corrected chi connectivity index (χ2v) is 4.14. The van der Waals surface area contributed by atoms with E-state index < -0.39 is 0 Å². The van der Waals surface area contributed by atoms with Crippen LogP contribution >= 0.6 is 15.9 Å². The Morgan fingerprint density at radius 3 is 2.94 bits per heavy atom. The first-order valence-corrected chi connectivity index (χ1v) is 5.60. The van der Waals surface area contributed by atoms with Crippen LogP contribution < -0.4 is 9.47 Å². The number of aromatic nitrogens is 3. The highest BCUT2D eigenvalue weighted by atomic mass is 79.9. The Hall–Kier alpha value is -1.89. The molecule has 1 aromatic carbocycles. The molecule has 0 bridgehead atoms. The third-order valence-electron chi connectivity index (χ3n) is 2.21. The molecule has 1 aliphatic heterocycles. The maximum Gasteiger partial charge on any atom is 0.231 e. The van der Waals surface area contributed by atoms with E-state index in [0.717, 1.165) is 15.8 Å². The van der Waals surface area contributed by atoms with Crippen LogP contribution in [0.15, 0.2) is 34.4 Å². The highest BCUT2D eigenvalue weighted by molar-refractivity contribution is 9.10. The lowest BCUT2D eigenvalue weighted by Gasteiger charge is -2.00. The molecule has 1 aromatic heterocycles. The first kappa shape index (κ1) is 10.3. The molecule has 0 aliphatic carbocycles. The van der Waals surface area contributed by atoms with Gasteiger partial charge in [-0.25, -0.2) is 4.98 Å². The molecule has 0 radical (unpaired) electrons. The summed E-state index contributed by atoms with van der Waals surface area (Å²) < 4.78 is 11.4. The zero-order valence-corrected chi connectivity index (χ0v) is 10.2. The fourth-order valence-electron chi connectivity index (χ4n) is 1.41. The van der Waals surface area contributed by atoms with E-state index in [0.29, 0.717) is 5.75 Å². The Labute approximate surface area is 105 Å². The second kappa shape index (κ2) is 4.17. The van der Waals surface area contributed by atoms with Crippen LogP contribution in [-0.2, 0) is 0 Å². The van der Waals surface area contributed by atoms with Gasteiger partial charge < -0.3 is 9.47 Å². The van der Waals surface area contributed by atoms with Gasteiger partial charge in [-0.1, -0.05) is 0 Å². The van der Waals surface area contributed by atoms with Gasteiger partial charge in [0.05, 0.1) is 6.21 Å². The molecule has 6 nitrogen and oxygen atoms in total. The van der Waals surface area contributed by atoms with Crippen LogP contribution in [0.5, 0.6) is 11.5 Å². The standard InChI is InChI=1S/C10H7BrN4O2/c11-8-2-10-9(16-6-17-10)1-7(8)3-13-15-5-12-4-14-15/h1-5H,6H2. The quantitative estimate of drug-likeness (QED) is 0.790. The van der Waals surface area contributed by atoms with Crippen LogP contribution in [0.4, 0.5) is 0 Å². The zero-order valence-electron chi connectivity index (χ0n) is 8.58. The van der Waals surface area contributed by atoms with Crippen molar-refractivity contribution < 1.29 is 9.47 Å². The lowest BCUT2D eigenvalue weighted by atomic mass is 10.2. The van der Waals surface area contributed by atoms with Crippen LogP contribution in [0.3, 0.4) is 0 Å². The number of halogens is 1. The van der Waals surface area contributed by atoms with Gasteiger partial charge in [0.2, 0.25) is 6.79 Å². The normalized spacial score (nSPS) is 13.5. The van der Waals surface area contributed by atoms with Crippen molar-refractivity contribution >= 4 is 22.1 Å². The molecule has 3 rings (SSSR count). The third kappa shape index (κ3) is 2.01. The van der Waals surface area contributed by atoms with E-state index in [1.54, 1.807) is 6.21 Å². The summed E-state index contributed by atoms with van der Waals surface area (Å²) in [6.07, 6.45) is 4.60. The van der Waals surface area contributed by atoms with Crippen LogP contribution in [0, 0.1) is 0 Å². The van der Waals surface area contributed by atoms with Crippen molar-refractivity contribution in [2.24, 2.45) is 5.10 Å². The SMILES string of the molecule is Brc1cc2c(cc1C=Nn1cncn1)OCO2. The third-order valence-corrected chi connectivity index (χ3v) is 2.90. The van der Waals surface area contributed by atoms with E-state index in [1.807, 2.05) is 12.1 Å². The molecule has 0 N–H and O–H groups in total. The van der Waals surface area contributed by atoms with Crippen molar-refractivity contribution in [1.82, 2.24) is 14.9 Å². The molecule has 7 heteroatoms. The van der Waals surface area contributed by atoms with Gasteiger partial charge in [-0.3, -0.25) is 0 Å². The summed E-state index contributed by atoms with van der Waals surface area (Å²) in [5.41, 5.74) is 0.879. The van der Waals surface area contributed by atoms with Crippen molar-refractivity contribution in [3.63, 3.8) is 0 Å². The van der Waals surface area contributed by atoms with Gasteiger partial charge in [-0.05, 0) is 28.1 Å². The molecule has 86 valence electrons. The number of ether oxygens (including phenoxy) is 2. The summed E-state index contributed by atoms with van der Waals surface area (Å²) in [6.45, 7) is 0.255. The average Bonchev–Trinajstić information content (AvgIpc) is 2.95. The van der Waals surface area contributed by atoms with Gasteiger partial charge >= 0.3 is 0 Å². The van der Waals surface area contributed by atoms with E-state index in [9.17, 15) is 0 Å². The van der Waals surface area contributed by atoms with Crippen molar-refractivity contribution in [2.75, 3.05) is 6.79 Å². The Morgan fingerprint density at radius 2 is 2.18 bits per heavy atom. The van der Waals surface area contributed by atoms with Crippen molar-refractivity contribution in [1.29, 1.82) is 0 Å². The molecule has 1 aliphatic rings. The summed E-state index contributed by atoms with van der Waals surface area (Å²) in [7, 11) is 0. The minimum absolute atomic E-state index is 0.255. The number of hydrogen-bond acceptors (Lipinski definition) is 5. The molecule has 0 saturated carbocycles. The second-order valence-electron chi connectivity index (χ2n) is 3.29. The lowest BCUT2D eigenvalue weighted by molar-refractivity contribution is 0.174. The summed E-state index contributed by atoms with van der Waals surface area (Å²) in [5.74, 6) is 1.45. The molecule has 2 heterocycles. The van der Waals surface area contributed by atoms with E-state index >= 15 is 0 Å². The number of fused-ring (bicyclic) bond motifs is 1. The molecule has 0 amide bonds. The first-order valence-electron chi connectivity index (χ1n) is 4.81. The Balaban J connectivity index is 1.93. The topological polar surface area (TPSA) is 61.5 Å². The van der Waals surface area contributed by atoms with Gasteiger partial charge in [-0.15, -0.1) is 9.89 Å². The number of rotatable bonds is 2. The molecule has 0 saturated heterocycles. The first-order chi connectivity index (χ1) is 8.33. The minimum Gasteiger partial charge on any atom is -0.454 e. The predicted molar refractivity (Wildman–Crippen MR) is 63.3 cm³/mol. The van der Waals surface area contributed by atoms with E-state index in [-0.39, 0.29) is 6.79 Å². The molecular weight excluding hydrogens is 288 g/mol. The number of hydrogen-bond donors (Lipinski definition) is 0. The van der Waals surface area contributed by atoms with E-state index in [2.05, 4.69) is 31.1 Å². The van der Waals surface area contributed by atoms with Crippen LogP contribution in [-0.4, -0.2) is 27.9 Å². The summed E-state index contributed by atoms with van der Waals surface area (Å²) in [4.78, 5) is 5.17. The minimum atomic E-state index is 0.255. The summed E-state index contributed by atoms with van der Waals surface area (Å²) in [6, 6.07) is 3.71. The van der Waals surface area contributed by atoms with Crippen molar-refractivity contribution in [2.45, 2.75) is 0 Å². The highest BCUT2D eigenvalue weighted by Gasteiger charge is 2.15. The van der Waals surface area contributed by atoms with Gasteiger partial charge in [0, 0.05) is 10.0 Å². The van der Waals surface area contributed by atoms with E-state index in [1.165, 1.54) is 17.4 Å². The van der Waals surface area contributed by atoms with Crippen molar-refractivity contribution in [3.05, 3.63) is 34.8 Å². The molecular formula is C10H7BrN4O2. The maximum atomic E-state index is 5.29. The fourth-order valence-corrected chi connectivity index (χ4v) is 1.84. The maximum absolute atomic E-state index is 5.29. The van der Waals surface area contributed by atoms with E-state index in [4.69, 9.17) is 9.47 Å². The van der Waals surface area contributed by atoms with Gasteiger partial charge in [0.1, 0.15) is 12.7 Å². The number of nitrogens with zero attached hydrogens (tertiary/aromatic N) is 4. The van der Waals surface area contributed by atoms with Crippen LogP contribution in [0.25, 0.3) is 0 Å². The molecule has 0 unspecified atom stereocenters. The van der Waals surface area contributed by atoms with Crippen LogP contribution in [0.2, 0.25) is 0 Å². The van der Waals surface area contributed by atoms with Crippen molar-refractivity contribution in [3.8, 4) is 11.5 Å². The Bertz CT molecular complexity index is 568. The zero-order chi connectivity index (χ0) is 11.7. The Morgan fingerprint density at radius 1 is 1.35 bits per heavy atom. The fraction of sp³-hybridized carbons (Fsp3) is 0.100. The van der Waals surface area contributed by atoms with Gasteiger partial charge in [0.25, 0.3) is 0 Å². The molecule has 17 heavy (non-hydrogen) atoms. The van der Waals surface area contributed by atoms with Gasteiger partial charge in [0.15, 0.2) is 11.5 Å². The smallest absolute Gasteiger partial charge is 0.231 e. The molecule has 0 spiro atoms. The molecule has 0 atom stereocenters. The largest absolute Gasteiger partial charge is 0.454 e. The number of benzene rings is 1. The van der Waals surface area contributed by atoms with Crippen LogP contribution in [0.1, 0.15) is 5.56 Å².